The van der Waals surface area contributed by atoms with Gasteiger partial charge < -0.3 is 4.42 Å². The number of hydrogen-bond donors (Lipinski definition) is 0. The van der Waals surface area contributed by atoms with Crippen LogP contribution in [0, 0.1) is 0 Å². The highest BCUT2D eigenvalue weighted by Crippen LogP contribution is 2.53. The Morgan fingerprint density at radius 1 is 0.404 bits per heavy atom. The molecule has 0 spiro atoms. The second-order valence-corrected chi connectivity index (χ2v) is 14.0. The molecule has 52 heavy (non-hydrogen) atoms. The van der Waals surface area contributed by atoms with Gasteiger partial charge in [0, 0.05) is 38.4 Å². The summed E-state index contributed by atoms with van der Waals surface area (Å²) in [6.45, 7) is 4.65. The molecule has 4 heteroatoms. The molecule has 0 radical (unpaired) electrons. The highest BCUT2D eigenvalue weighted by atomic mass is 16.3. The van der Waals surface area contributed by atoms with Crippen LogP contribution in [0.4, 0.5) is 0 Å². The second-order valence-electron chi connectivity index (χ2n) is 14.0. The number of nitrogens with zero attached hydrogens (tertiary/aromatic N) is 3. The normalized spacial score (nSPS) is 13.0. The molecule has 0 bridgehead atoms. The van der Waals surface area contributed by atoms with E-state index in [0.29, 0.717) is 17.5 Å². The van der Waals surface area contributed by atoms with Crippen LogP contribution in [0.25, 0.3) is 89.5 Å². The Bertz CT molecular complexity index is 2760. The zero-order chi connectivity index (χ0) is 34.8. The SMILES string of the molecule is CC1(C)c2cc(-c3cccc(-c4cccc(-c5nc(-c6ccccc6)nc(-c6ccccc6)n5)c4)c3)ccc2-c2c1ccc1c2oc2ccccc21. The number of benzene rings is 7. The monoisotopic (exact) mass is 667 g/mol. The van der Waals surface area contributed by atoms with Gasteiger partial charge in [-0.15, -0.1) is 0 Å². The minimum absolute atomic E-state index is 0.165. The standard InChI is InChI=1S/C48H33N3O/c1-48(2)40-26-25-38-37-21-9-10-22-42(37)52-44(38)43(40)39-24-23-35(29-41(39)48)33-18-11-17-32(27-33)34-19-12-20-36(28-34)47-50-45(30-13-5-3-6-14-30)49-46(51-47)31-15-7-4-8-16-31/h3-29H,1-2H3. The van der Waals surface area contributed by atoms with E-state index in [4.69, 9.17) is 19.4 Å². The number of fused-ring (bicyclic) bond motifs is 7. The maximum Gasteiger partial charge on any atom is 0.164 e. The Morgan fingerprint density at radius 3 is 1.58 bits per heavy atom. The fourth-order valence-corrected chi connectivity index (χ4v) is 7.83. The number of para-hydroxylation sites is 1. The summed E-state index contributed by atoms with van der Waals surface area (Å²) in [5.74, 6) is 1.95. The van der Waals surface area contributed by atoms with Crippen molar-refractivity contribution in [2.45, 2.75) is 19.3 Å². The lowest BCUT2D eigenvalue weighted by molar-refractivity contribution is 0.653. The van der Waals surface area contributed by atoms with E-state index in [0.717, 1.165) is 44.4 Å². The lowest BCUT2D eigenvalue weighted by Crippen LogP contribution is -2.14. The van der Waals surface area contributed by atoms with Gasteiger partial charge in [-0.05, 0) is 63.2 Å². The maximum atomic E-state index is 6.51. The summed E-state index contributed by atoms with van der Waals surface area (Å²) in [4.78, 5) is 14.8. The summed E-state index contributed by atoms with van der Waals surface area (Å²) < 4.78 is 6.51. The topological polar surface area (TPSA) is 51.8 Å². The zero-order valence-electron chi connectivity index (χ0n) is 28.8. The van der Waals surface area contributed by atoms with Gasteiger partial charge in [-0.1, -0.05) is 153 Å². The Balaban J connectivity index is 1.04. The Morgan fingerprint density at radius 2 is 0.923 bits per heavy atom. The third-order valence-corrected chi connectivity index (χ3v) is 10.5. The average Bonchev–Trinajstić information content (AvgIpc) is 3.70. The van der Waals surface area contributed by atoms with E-state index in [1.807, 2.05) is 66.7 Å². The van der Waals surface area contributed by atoms with Crippen molar-refractivity contribution in [1.29, 1.82) is 0 Å². The van der Waals surface area contributed by atoms with Gasteiger partial charge in [0.25, 0.3) is 0 Å². The number of furan rings is 1. The van der Waals surface area contributed by atoms with Crippen molar-refractivity contribution in [2.24, 2.45) is 0 Å². The van der Waals surface area contributed by atoms with Crippen molar-refractivity contribution in [3.63, 3.8) is 0 Å². The van der Waals surface area contributed by atoms with E-state index in [1.54, 1.807) is 0 Å². The third-order valence-electron chi connectivity index (χ3n) is 10.5. The molecule has 0 saturated heterocycles. The quantitative estimate of drug-likeness (QED) is 0.183. The first-order chi connectivity index (χ1) is 25.5. The van der Waals surface area contributed by atoms with Crippen LogP contribution in [0.3, 0.4) is 0 Å². The van der Waals surface area contributed by atoms with Crippen LogP contribution in [0.1, 0.15) is 25.0 Å². The zero-order valence-corrected chi connectivity index (χ0v) is 28.8. The minimum Gasteiger partial charge on any atom is -0.455 e. The molecule has 1 aliphatic carbocycles. The van der Waals surface area contributed by atoms with Crippen molar-refractivity contribution in [2.75, 3.05) is 0 Å². The molecule has 0 atom stereocenters. The van der Waals surface area contributed by atoms with Gasteiger partial charge in [0.05, 0.1) is 0 Å². The summed E-state index contributed by atoms with van der Waals surface area (Å²) in [7, 11) is 0. The molecule has 0 N–H and O–H groups in total. The Hall–Kier alpha value is -6.65. The van der Waals surface area contributed by atoms with E-state index in [9.17, 15) is 0 Å². The van der Waals surface area contributed by atoms with Crippen LogP contribution in [-0.2, 0) is 5.41 Å². The van der Waals surface area contributed by atoms with Crippen LogP contribution in [0.15, 0.2) is 168 Å². The van der Waals surface area contributed by atoms with Crippen molar-refractivity contribution in [3.05, 3.63) is 175 Å². The molecule has 0 fully saturated rings. The number of rotatable bonds is 5. The summed E-state index contributed by atoms with van der Waals surface area (Å²) >= 11 is 0. The van der Waals surface area contributed by atoms with E-state index < -0.39 is 0 Å². The van der Waals surface area contributed by atoms with Gasteiger partial charge in [0.1, 0.15) is 11.2 Å². The van der Waals surface area contributed by atoms with Crippen LogP contribution < -0.4 is 0 Å². The van der Waals surface area contributed by atoms with Gasteiger partial charge in [0.2, 0.25) is 0 Å². The fraction of sp³-hybridized carbons (Fsp3) is 0.0625. The minimum atomic E-state index is -0.165. The molecule has 7 aromatic carbocycles. The van der Waals surface area contributed by atoms with Crippen LogP contribution >= 0.6 is 0 Å². The molecule has 0 aliphatic heterocycles. The van der Waals surface area contributed by atoms with Crippen LogP contribution in [0.2, 0.25) is 0 Å². The lowest BCUT2D eigenvalue weighted by atomic mass is 9.81. The maximum absolute atomic E-state index is 6.51. The highest BCUT2D eigenvalue weighted by molar-refractivity contribution is 6.11. The van der Waals surface area contributed by atoms with Crippen molar-refractivity contribution < 1.29 is 4.42 Å². The first-order valence-electron chi connectivity index (χ1n) is 17.7. The molecule has 246 valence electrons. The molecular weight excluding hydrogens is 635 g/mol. The average molecular weight is 668 g/mol. The van der Waals surface area contributed by atoms with E-state index in [1.165, 1.54) is 38.8 Å². The summed E-state index contributed by atoms with van der Waals surface area (Å²) in [5, 5.41) is 2.33. The summed E-state index contributed by atoms with van der Waals surface area (Å²) in [6.07, 6.45) is 0. The number of aromatic nitrogens is 3. The molecular formula is C48H33N3O. The molecule has 9 aromatic rings. The smallest absolute Gasteiger partial charge is 0.164 e. The van der Waals surface area contributed by atoms with Crippen molar-refractivity contribution in [1.82, 2.24) is 15.0 Å². The van der Waals surface area contributed by atoms with E-state index in [2.05, 4.69) is 111 Å². The predicted molar refractivity (Wildman–Crippen MR) is 212 cm³/mol. The summed E-state index contributed by atoms with van der Waals surface area (Å²) in [6, 6.07) is 57.2. The highest BCUT2D eigenvalue weighted by Gasteiger charge is 2.38. The van der Waals surface area contributed by atoms with Crippen LogP contribution in [-0.4, -0.2) is 15.0 Å². The molecule has 2 aromatic heterocycles. The van der Waals surface area contributed by atoms with Crippen molar-refractivity contribution >= 4 is 21.9 Å². The fourth-order valence-electron chi connectivity index (χ4n) is 7.83. The molecule has 0 unspecified atom stereocenters. The molecule has 1 aliphatic rings. The molecule has 2 heterocycles. The molecule has 0 amide bonds. The van der Waals surface area contributed by atoms with Gasteiger partial charge in [-0.3, -0.25) is 0 Å². The number of hydrogen-bond acceptors (Lipinski definition) is 4. The lowest BCUT2D eigenvalue weighted by Gasteiger charge is -2.22. The Kier molecular flexibility index (Phi) is 6.80. The van der Waals surface area contributed by atoms with Gasteiger partial charge in [-0.25, -0.2) is 15.0 Å². The van der Waals surface area contributed by atoms with Crippen LogP contribution in [0.5, 0.6) is 0 Å². The van der Waals surface area contributed by atoms with E-state index >= 15 is 0 Å². The van der Waals surface area contributed by atoms with E-state index in [-0.39, 0.29) is 5.41 Å². The second kappa shape index (κ2) is 11.7. The molecule has 4 nitrogen and oxygen atoms in total. The van der Waals surface area contributed by atoms with Crippen molar-refractivity contribution in [3.8, 4) is 67.5 Å². The first kappa shape index (κ1) is 30.2. The first-order valence-corrected chi connectivity index (χ1v) is 17.7. The predicted octanol–water partition coefficient (Wildman–Crippen LogP) is 12.4. The Labute approximate surface area is 302 Å². The third kappa shape index (κ3) is 4.87. The largest absolute Gasteiger partial charge is 0.455 e. The summed E-state index contributed by atoms with van der Waals surface area (Å²) in [5.41, 5.74) is 14.3. The molecule has 10 rings (SSSR count). The van der Waals surface area contributed by atoms with Gasteiger partial charge in [-0.2, -0.15) is 0 Å². The van der Waals surface area contributed by atoms with Gasteiger partial charge in [0.15, 0.2) is 17.5 Å². The van der Waals surface area contributed by atoms with Gasteiger partial charge >= 0.3 is 0 Å². The molecule has 0 saturated carbocycles.